The molecule has 0 aliphatic heterocycles. The smallest absolute Gasteiger partial charge is 0.177 e. The SMILES string of the molecule is Cn1cc(CO)[nH]c1=S. The van der Waals surface area contributed by atoms with Gasteiger partial charge in [0.1, 0.15) is 0 Å². The summed E-state index contributed by atoms with van der Waals surface area (Å²) in [6.07, 6.45) is 1.77. The summed E-state index contributed by atoms with van der Waals surface area (Å²) in [4.78, 5) is 2.82. The van der Waals surface area contributed by atoms with Crippen LogP contribution >= 0.6 is 12.2 Å². The standard InChI is InChI=1S/C5H8N2OS/c1-7-2-4(3-8)6-5(7)9/h2,8H,3H2,1H3,(H,6,9). The quantitative estimate of drug-likeness (QED) is 0.566. The molecule has 0 atom stereocenters. The molecule has 0 saturated heterocycles. The maximum Gasteiger partial charge on any atom is 0.177 e. The first-order valence-electron chi connectivity index (χ1n) is 2.59. The molecule has 0 radical (unpaired) electrons. The molecule has 0 amide bonds. The van der Waals surface area contributed by atoms with Gasteiger partial charge in [0.25, 0.3) is 0 Å². The molecular formula is C5H8N2OS. The van der Waals surface area contributed by atoms with Crippen LogP contribution in [0.5, 0.6) is 0 Å². The predicted octanol–water partition coefficient (Wildman–Crippen LogP) is 0.575. The Kier molecular flexibility index (Phi) is 1.68. The molecule has 2 N–H and O–H groups in total. The number of aryl methyl sites for hydroxylation is 1. The third-order valence-corrected chi connectivity index (χ3v) is 1.50. The zero-order chi connectivity index (χ0) is 6.85. The first kappa shape index (κ1) is 6.51. The highest BCUT2D eigenvalue weighted by molar-refractivity contribution is 7.71. The van der Waals surface area contributed by atoms with Gasteiger partial charge >= 0.3 is 0 Å². The van der Waals surface area contributed by atoms with E-state index >= 15 is 0 Å². The van der Waals surface area contributed by atoms with Crippen molar-refractivity contribution in [3.8, 4) is 0 Å². The molecule has 1 heterocycles. The number of aromatic amines is 1. The normalized spacial score (nSPS) is 10.0. The van der Waals surface area contributed by atoms with E-state index in [0.717, 1.165) is 5.69 Å². The molecule has 0 unspecified atom stereocenters. The van der Waals surface area contributed by atoms with Crippen LogP contribution in [0.15, 0.2) is 6.20 Å². The van der Waals surface area contributed by atoms with Gasteiger partial charge in [-0.15, -0.1) is 0 Å². The van der Waals surface area contributed by atoms with Crippen LogP contribution in [0.2, 0.25) is 0 Å². The molecule has 0 spiro atoms. The lowest BCUT2D eigenvalue weighted by molar-refractivity contribution is 0.277. The second-order valence-corrected chi connectivity index (χ2v) is 2.24. The highest BCUT2D eigenvalue weighted by Gasteiger charge is 1.91. The molecule has 9 heavy (non-hydrogen) atoms. The van der Waals surface area contributed by atoms with Crippen LogP contribution in [0.3, 0.4) is 0 Å². The van der Waals surface area contributed by atoms with Crippen LogP contribution in [0.1, 0.15) is 5.69 Å². The molecular weight excluding hydrogens is 136 g/mol. The molecule has 1 rings (SSSR count). The fourth-order valence-corrected chi connectivity index (χ4v) is 0.814. The van der Waals surface area contributed by atoms with Crippen molar-refractivity contribution < 1.29 is 5.11 Å². The number of aromatic nitrogens is 2. The van der Waals surface area contributed by atoms with Gasteiger partial charge in [-0.2, -0.15) is 0 Å². The summed E-state index contributed by atoms with van der Waals surface area (Å²) in [5.74, 6) is 0. The van der Waals surface area contributed by atoms with Crippen LogP contribution in [-0.2, 0) is 13.7 Å². The molecule has 50 valence electrons. The van der Waals surface area contributed by atoms with Gasteiger partial charge in [-0.05, 0) is 12.2 Å². The van der Waals surface area contributed by atoms with Crippen molar-refractivity contribution in [2.45, 2.75) is 6.61 Å². The van der Waals surface area contributed by atoms with Crippen molar-refractivity contribution in [1.29, 1.82) is 0 Å². The van der Waals surface area contributed by atoms with Crippen molar-refractivity contribution in [2.75, 3.05) is 0 Å². The number of aliphatic hydroxyl groups excluding tert-OH is 1. The lowest BCUT2D eigenvalue weighted by Gasteiger charge is -1.82. The Bertz CT molecular complexity index is 250. The Morgan fingerprint density at radius 2 is 2.56 bits per heavy atom. The minimum Gasteiger partial charge on any atom is -0.390 e. The maximum absolute atomic E-state index is 8.58. The van der Waals surface area contributed by atoms with Gasteiger partial charge in [0.15, 0.2) is 4.77 Å². The molecule has 4 heteroatoms. The Morgan fingerprint density at radius 3 is 2.78 bits per heavy atom. The number of nitrogens with zero attached hydrogens (tertiary/aromatic N) is 1. The number of hydrogen-bond donors (Lipinski definition) is 2. The molecule has 0 aliphatic carbocycles. The summed E-state index contributed by atoms with van der Waals surface area (Å²) >= 11 is 4.84. The maximum atomic E-state index is 8.58. The zero-order valence-corrected chi connectivity index (χ0v) is 5.90. The van der Waals surface area contributed by atoms with Crippen LogP contribution in [-0.4, -0.2) is 14.7 Å². The molecule has 0 aromatic carbocycles. The lowest BCUT2D eigenvalue weighted by Crippen LogP contribution is -1.81. The fourth-order valence-electron chi connectivity index (χ4n) is 0.631. The Morgan fingerprint density at radius 1 is 1.89 bits per heavy atom. The van der Waals surface area contributed by atoms with E-state index in [-0.39, 0.29) is 6.61 Å². The molecule has 0 saturated carbocycles. The number of rotatable bonds is 1. The molecule has 0 fully saturated rings. The number of aliphatic hydroxyl groups is 1. The average molecular weight is 144 g/mol. The average Bonchev–Trinajstić information content (AvgIpc) is 2.13. The van der Waals surface area contributed by atoms with E-state index < -0.39 is 0 Å². The highest BCUT2D eigenvalue weighted by Crippen LogP contribution is 1.94. The van der Waals surface area contributed by atoms with Gasteiger partial charge in [-0.1, -0.05) is 0 Å². The highest BCUT2D eigenvalue weighted by atomic mass is 32.1. The van der Waals surface area contributed by atoms with Gasteiger partial charge in [-0.25, -0.2) is 0 Å². The van der Waals surface area contributed by atoms with Gasteiger partial charge in [0, 0.05) is 13.2 Å². The summed E-state index contributed by atoms with van der Waals surface area (Å²) in [5.41, 5.74) is 0.752. The minimum absolute atomic E-state index is 0.0183. The van der Waals surface area contributed by atoms with Gasteiger partial charge in [0.05, 0.1) is 12.3 Å². The molecule has 1 aromatic heterocycles. The van der Waals surface area contributed by atoms with Crippen LogP contribution in [0, 0.1) is 4.77 Å². The van der Waals surface area contributed by atoms with E-state index in [1.807, 2.05) is 7.05 Å². The second kappa shape index (κ2) is 2.33. The molecule has 1 aromatic rings. The lowest BCUT2D eigenvalue weighted by atomic mass is 10.5. The Hall–Kier alpha value is -0.610. The topological polar surface area (TPSA) is 41.0 Å². The van der Waals surface area contributed by atoms with E-state index in [4.69, 9.17) is 17.3 Å². The van der Waals surface area contributed by atoms with Crippen molar-refractivity contribution in [3.63, 3.8) is 0 Å². The van der Waals surface area contributed by atoms with E-state index in [2.05, 4.69) is 4.98 Å². The number of nitrogens with one attached hydrogen (secondary N) is 1. The summed E-state index contributed by atoms with van der Waals surface area (Å²) in [6, 6.07) is 0. The van der Waals surface area contributed by atoms with Gasteiger partial charge in [-0.3, -0.25) is 0 Å². The first-order valence-corrected chi connectivity index (χ1v) is 3.00. The molecule has 0 bridgehead atoms. The van der Waals surface area contributed by atoms with Gasteiger partial charge < -0.3 is 14.7 Å². The van der Waals surface area contributed by atoms with E-state index in [0.29, 0.717) is 4.77 Å². The Labute approximate surface area is 58.0 Å². The fraction of sp³-hybridized carbons (Fsp3) is 0.400. The van der Waals surface area contributed by atoms with E-state index in [1.54, 1.807) is 10.8 Å². The Balaban J connectivity index is 3.13. The van der Waals surface area contributed by atoms with E-state index in [1.165, 1.54) is 0 Å². The summed E-state index contributed by atoms with van der Waals surface area (Å²) in [7, 11) is 1.83. The second-order valence-electron chi connectivity index (χ2n) is 1.85. The van der Waals surface area contributed by atoms with Crippen molar-refractivity contribution in [2.24, 2.45) is 7.05 Å². The van der Waals surface area contributed by atoms with Crippen molar-refractivity contribution in [3.05, 3.63) is 16.7 Å². The monoisotopic (exact) mass is 144 g/mol. The number of imidazole rings is 1. The van der Waals surface area contributed by atoms with Crippen LogP contribution in [0.25, 0.3) is 0 Å². The van der Waals surface area contributed by atoms with E-state index in [9.17, 15) is 0 Å². The molecule has 0 aliphatic rings. The zero-order valence-electron chi connectivity index (χ0n) is 5.09. The van der Waals surface area contributed by atoms with Crippen LogP contribution in [0.4, 0.5) is 0 Å². The predicted molar refractivity (Wildman–Crippen MR) is 36.5 cm³/mol. The summed E-state index contributed by atoms with van der Waals surface area (Å²) in [5, 5.41) is 8.58. The largest absolute Gasteiger partial charge is 0.390 e. The first-order chi connectivity index (χ1) is 4.24. The molecule has 3 nitrogen and oxygen atoms in total. The number of H-pyrrole nitrogens is 1. The van der Waals surface area contributed by atoms with Crippen LogP contribution < -0.4 is 0 Å². The minimum atomic E-state index is 0.0183. The van der Waals surface area contributed by atoms with Gasteiger partial charge in [0.2, 0.25) is 0 Å². The number of hydrogen-bond acceptors (Lipinski definition) is 2. The third-order valence-electron chi connectivity index (χ3n) is 1.11. The third kappa shape index (κ3) is 1.20. The van der Waals surface area contributed by atoms with Crippen molar-refractivity contribution >= 4 is 12.2 Å². The summed E-state index contributed by atoms with van der Waals surface area (Å²) in [6.45, 7) is 0.0183. The summed E-state index contributed by atoms with van der Waals surface area (Å²) < 4.78 is 2.39. The van der Waals surface area contributed by atoms with Crippen molar-refractivity contribution in [1.82, 2.24) is 9.55 Å².